The molecule has 3 unspecified atom stereocenters. The molecule has 3 aliphatic heterocycles. The van der Waals surface area contributed by atoms with E-state index in [1.54, 1.807) is 0 Å². The largest absolute Gasteiger partial charge is 0.453 e. The second-order valence-electron chi connectivity index (χ2n) is 15.2. The van der Waals surface area contributed by atoms with E-state index in [9.17, 15) is 9.59 Å². The van der Waals surface area contributed by atoms with Crippen LogP contribution in [0.15, 0.2) is 91.3 Å². The molecule has 3 aliphatic rings. The van der Waals surface area contributed by atoms with Gasteiger partial charge in [0.05, 0.1) is 47.1 Å². The van der Waals surface area contributed by atoms with Crippen molar-refractivity contribution in [1.29, 1.82) is 0 Å². The number of benzene rings is 3. The molecule has 3 saturated heterocycles. The molecule has 3 atom stereocenters. The van der Waals surface area contributed by atoms with Crippen LogP contribution in [-0.4, -0.2) is 90.3 Å². The van der Waals surface area contributed by atoms with Gasteiger partial charge in [0, 0.05) is 37.1 Å². The van der Waals surface area contributed by atoms with Crippen LogP contribution < -0.4 is 5.32 Å². The molecule has 292 valence electrons. The van der Waals surface area contributed by atoms with Crippen LogP contribution >= 0.6 is 23.5 Å². The zero-order valence-electron chi connectivity index (χ0n) is 32.1. The van der Waals surface area contributed by atoms with Crippen LogP contribution in [0.3, 0.4) is 0 Å². The number of methoxy groups -OCH3 is 1. The molecule has 56 heavy (non-hydrogen) atoms. The zero-order valence-corrected chi connectivity index (χ0v) is 33.7. The molecule has 1 spiro atoms. The minimum atomic E-state index is -0.395. The van der Waals surface area contributed by atoms with Gasteiger partial charge < -0.3 is 24.8 Å². The monoisotopic (exact) mass is 791 g/mol. The summed E-state index contributed by atoms with van der Waals surface area (Å²) >= 11 is 3.90. The maximum absolute atomic E-state index is 13.5. The fraction of sp³-hybridized carbons (Fsp3) is 0.395. The highest BCUT2D eigenvalue weighted by molar-refractivity contribution is 8.21. The highest BCUT2D eigenvalue weighted by Gasteiger charge is 2.50. The summed E-state index contributed by atoms with van der Waals surface area (Å²) in [5, 5.41) is 3.00. The first kappa shape index (κ1) is 38.2. The molecule has 5 aromatic rings. The SMILES string of the molecule is COC(=O)NC(CN1CCCC1c1ncc(-c2ccc(-c3ccc(-c4cnc(C5CC6(CN5C(=O)OCc5ccccc5)SCCS6)[nH]4)cc3)cc2)[nH]1)C(C)C. The summed E-state index contributed by atoms with van der Waals surface area (Å²) in [7, 11) is 1.40. The molecule has 3 N–H and O–H groups in total. The number of likely N-dealkylation sites (tertiary alicyclic amines) is 2. The predicted octanol–water partition coefficient (Wildman–Crippen LogP) is 8.91. The summed E-state index contributed by atoms with van der Waals surface area (Å²) in [5.41, 5.74) is 7.22. The predicted molar refractivity (Wildman–Crippen MR) is 223 cm³/mol. The maximum Gasteiger partial charge on any atom is 0.410 e. The summed E-state index contributed by atoms with van der Waals surface area (Å²) in [4.78, 5) is 46.5. The van der Waals surface area contributed by atoms with E-state index >= 15 is 0 Å². The minimum Gasteiger partial charge on any atom is -0.453 e. The molecule has 0 radical (unpaired) electrons. The van der Waals surface area contributed by atoms with Crippen molar-refractivity contribution in [2.24, 2.45) is 5.92 Å². The highest BCUT2D eigenvalue weighted by atomic mass is 32.2. The van der Waals surface area contributed by atoms with E-state index in [0.29, 0.717) is 6.54 Å². The summed E-state index contributed by atoms with van der Waals surface area (Å²) in [6.45, 7) is 6.83. The van der Waals surface area contributed by atoms with Crippen molar-refractivity contribution in [1.82, 2.24) is 35.1 Å². The number of H-pyrrole nitrogens is 2. The highest BCUT2D eigenvalue weighted by Crippen LogP contribution is 2.55. The lowest BCUT2D eigenvalue weighted by Gasteiger charge is -2.30. The number of alkyl carbamates (subject to hydrolysis) is 1. The Labute approximate surface area is 336 Å². The first-order valence-electron chi connectivity index (χ1n) is 19.4. The number of carbonyl (C=O) groups excluding carboxylic acids is 2. The number of hydrogen-bond acceptors (Lipinski definition) is 9. The van der Waals surface area contributed by atoms with Crippen molar-refractivity contribution in [2.45, 2.75) is 61.9 Å². The molecule has 0 aliphatic carbocycles. The standard InChI is InChI=1S/C43H49N7O4S2/c1-28(2)36(48-41(51)53-3)25-49-19-7-10-37(49)39-44-23-34(46-39)32-15-11-30(12-16-32)31-13-17-33(18-14-31)35-24-45-40(47-35)38-22-43(55-20-21-56-43)27-50(38)42(52)54-26-29-8-5-4-6-9-29/h4-6,8-9,11-18,23-24,28,36-38H,7,10,19-22,25-27H2,1-3H3,(H,44,46)(H,45,47)(H,48,51). The summed E-state index contributed by atoms with van der Waals surface area (Å²) in [6.07, 6.45) is 6.04. The van der Waals surface area contributed by atoms with Gasteiger partial charge in [0.15, 0.2) is 0 Å². The molecule has 8 rings (SSSR count). The Hall–Kier alpha value is -4.72. The van der Waals surface area contributed by atoms with Gasteiger partial charge in [0.2, 0.25) is 0 Å². The van der Waals surface area contributed by atoms with Crippen LogP contribution in [-0.2, 0) is 16.1 Å². The second kappa shape index (κ2) is 16.8. The van der Waals surface area contributed by atoms with Gasteiger partial charge in [-0.1, -0.05) is 92.7 Å². The summed E-state index contributed by atoms with van der Waals surface area (Å²) in [6, 6.07) is 26.9. The summed E-state index contributed by atoms with van der Waals surface area (Å²) < 4.78 is 10.6. The fourth-order valence-corrected chi connectivity index (χ4v) is 11.3. The van der Waals surface area contributed by atoms with Crippen molar-refractivity contribution in [2.75, 3.05) is 38.2 Å². The summed E-state index contributed by atoms with van der Waals surface area (Å²) in [5.74, 6) is 4.20. The van der Waals surface area contributed by atoms with Crippen LogP contribution in [0, 0.1) is 5.92 Å². The average Bonchev–Trinajstić information content (AvgIpc) is 4.09. The molecule has 11 nitrogen and oxygen atoms in total. The molecule has 13 heteroatoms. The lowest BCUT2D eigenvalue weighted by Crippen LogP contribution is -2.46. The Morgan fingerprint density at radius 1 is 0.857 bits per heavy atom. The van der Waals surface area contributed by atoms with Crippen molar-refractivity contribution in [3.8, 4) is 33.6 Å². The van der Waals surface area contributed by atoms with Crippen molar-refractivity contribution in [3.63, 3.8) is 0 Å². The van der Waals surface area contributed by atoms with E-state index in [1.165, 1.54) is 7.11 Å². The third-order valence-electron chi connectivity index (χ3n) is 11.2. The topological polar surface area (TPSA) is 128 Å². The van der Waals surface area contributed by atoms with E-state index in [0.717, 1.165) is 94.7 Å². The lowest BCUT2D eigenvalue weighted by atomic mass is 10.0. The van der Waals surface area contributed by atoms with E-state index in [-0.39, 0.29) is 40.8 Å². The Morgan fingerprint density at radius 3 is 2.04 bits per heavy atom. The van der Waals surface area contributed by atoms with E-state index < -0.39 is 6.09 Å². The van der Waals surface area contributed by atoms with Crippen molar-refractivity contribution >= 4 is 35.7 Å². The Balaban J connectivity index is 0.917. The molecule has 0 saturated carbocycles. The minimum absolute atomic E-state index is 0.00959. The number of nitrogens with one attached hydrogen (secondary N) is 3. The van der Waals surface area contributed by atoms with Crippen molar-refractivity contribution < 1.29 is 19.1 Å². The van der Waals surface area contributed by atoms with Crippen molar-refractivity contribution in [3.05, 3.63) is 108 Å². The van der Waals surface area contributed by atoms with Crippen LogP contribution in [0.5, 0.6) is 0 Å². The Kier molecular flexibility index (Phi) is 11.4. The van der Waals surface area contributed by atoms with Gasteiger partial charge in [0.1, 0.15) is 18.3 Å². The molecule has 2 amide bonds. The van der Waals surface area contributed by atoms with Gasteiger partial charge in [-0.25, -0.2) is 19.6 Å². The number of aromatic nitrogens is 4. The third-order valence-corrected chi connectivity index (χ3v) is 14.6. The average molecular weight is 792 g/mol. The first-order chi connectivity index (χ1) is 27.3. The molecular weight excluding hydrogens is 743 g/mol. The Bertz CT molecular complexity index is 2100. The number of nitrogens with zero attached hydrogens (tertiary/aromatic N) is 4. The van der Waals surface area contributed by atoms with Gasteiger partial charge in [-0.15, -0.1) is 23.5 Å². The van der Waals surface area contributed by atoms with Crippen LogP contribution in [0.1, 0.15) is 62.4 Å². The number of thioether (sulfide) groups is 2. The molecule has 0 bridgehead atoms. The van der Waals surface area contributed by atoms with Crippen LogP contribution in [0.2, 0.25) is 0 Å². The quantitative estimate of drug-likeness (QED) is 0.120. The number of ether oxygens (including phenoxy) is 2. The molecule has 3 fully saturated rings. The number of carbonyl (C=O) groups is 2. The fourth-order valence-electron chi connectivity index (χ4n) is 8.01. The third kappa shape index (κ3) is 8.35. The normalized spacial score (nSPS) is 19.8. The molecule has 3 aromatic carbocycles. The van der Waals surface area contributed by atoms with E-state index in [4.69, 9.17) is 19.4 Å². The zero-order chi connectivity index (χ0) is 38.6. The van der Waals surface area contributed by atoms with E-state index in [1.807, 2.05) is 71.1 Å². The number of aromatic amines is 2. The van der Waals surface area contributed by atoms with Gasteiger partial charge in [-0.05, 0) is 53.1 Å². The number of amides is 2. The lowest BCUT2D eigenvalue weighted by molar-refractivity contribution is 0.0909. The van der Waals surface area contributed by atoms with Gasteiger partial charge >= 0.3 is 12.2 Å². The number of hydrogen-bond donors (Lipinski definition) is 3. The van der Waals surface area contributed by atoms with Crippen LogP contribution in [0.4, 0.5) is 9.59 Å². The smallest absolute Gasteiger partial charge is 0.410 e. The molecule has 5 heterocycles. The number of imidazole rings is 2. The molecular formula is C43H49N7O4S2. The second-order valence-corrected chi connectivity index (χ2v) is 18.4. The van der Waals surface area contributed by atoms with Gasteiger partial charge in [-0.2, -0.15) is 0 Å². The van der Waals surface area contributed by atoms with E-state index in [2.05, 4.69) is 82.6 Å². The Morgan fingerprint density at radius 2 is 1.45 bits per heavy atom. The maximum atomic E-state index is 13.5. The number of rotatable bonds is 11. The molecule has 2 aromatic heterocycles. The van der Waals surface area contributed by atoms with Gasteiger partial charge in [-0.3, -0.25) is 9.80 Å². The van der Waals surface area contributed by atoms with Gasteiger partial charge in [0.25, 0.3) is 0 Å². The van der Waals surface area contributed by atoms with Crippen LogP contribution in [0.25, 0.3) is 33.6 Å². The first-order valence-corrected chi connectivity index (χ1v) is 21.4.